The molecule has 0 aliphatic carbocycles. The van der Waals surface area contributed by atoms with Gasteiger partial charge in [-0.15, -0.1) is 6.42 Å². The van der Waals surface area contributed by atoms with Crippen molar-refractivity contribution in [2.24, 2.45) is 0 Å². The van der Waals surface area contributed by atoms with Crippen LogP contribution in [0.25, 0.3) is 0 Å². The first-order chi connectivity index (χ1) is 5.74. The molecule has 1 aromatic carbocycles. The number of hydrogen-bond donors (Lipinski definition) is 1. The standard InChI is InChI=1S/C10H10.CH4O/c1-4-10-6-5-8(2)9(3)7-10;1-2/h1,5-7H,2-3H3;2H,1H3. The van der Waals surface area contributed by atoms with Gasteiger partial charge in [0.25, 0.3) is 0 Å². The summed E-state index contributed by atoms with van der Waals surface area (Å²) < 4.78 is 0. The minimum atomic E-state index is 0.961. The van der Waals surface area contributed by atoms with Crippen molar-refractivity contribution in [3.8, 4) is 12.3 Å². The van der Waals surface area contributed by atoms with Crippen LogP contribution in [0.5, 0.6) is 0 Å². The lowest BCUT2D eigenvalue weighted by molar-refractivity contribution is 0.399. The number of aryl methyl sites for hydroxylation is 2. The van der Waals surface area contributed by atoms with E-state index in [2.05, 4.69) is 19.8 Å². The molecule has 0 saturated carbocycles. The van der Waals surface area contributed by atoms with Crippen LogP contribution in [-0.4, -0.2) is 12.2 Å². The van der Waals surface area contributed by atoms with Crippen LogP contribution in [0.2, 0.25) is 0 Å². The second-order valence-electron chi connectivity index (χ2n) is 2.44. The van der Waals surface area contributed by atoms with Crippen LogP contribution < -0.4 is 0 Å². The fourth-order valence-corrected chi connectivity index (χ4v) is 0.831. The van der Waals surface area contributed by atoms with E-state index in [1.165, 1.54) is 11.1 Å². The molecule has 1 heteroatoms. The summed E-state index contributed by atoms with van der Waals surface area (Å²) in [6, 6.07) is 6.03. The molecule has 0 unspecified atom stereocenters. The third-order valence-electron chi connectivity index (χ3n) is 1.67. The molecule has 0 atom stereocenters. The Morgan fingerprint density at radius 2 is 1.75 bits per heavy atom. The van der Waals surface area contributed by atoms with Crippen LogP contribution in [0.3, 0.4) is 0 Å². The lowest BCUT2D eigenvalue weighted by Crippen LogP contribution is -1.81. The number of hydrogen-bond acceptors (Lipinski definition) is 1. The smallest absolute Gasteiger partial charge is 0.0319 e. The first-order valence-electron chi connectivity index (χ1n) is 3.72. The van der Waals surface area contributed by atoms with Gasteiger partial charge >= 0.3 is 0 Å². The summed E-state index contributed by atoms with van der Waals surface area (Å²) in [5, 5.41) is 7.00. The van der Waals surface area contributed by atoms with Gasteiger partial charge < -0.3 is 5.11 Å². The summed E-state index contributed by atoms with van der Waals surface area (Å²) >= 11 is 0. The van der Waals surface area contributed by atoms with Crippen LogP contribution in [-0.2, 0) is 0 Å². The molecule has 0 heterocycles. The Balaban J connectivity index is 0.000000561. The Labute approximate surface area is 74.1 Å². The van der Waals surface area contributed by atoms with Crippen LogP contribution >= 0.6 is 0 Å². The van der Waals surface area contributed by atoms with Crippen molar-refractivity contribution in [2.75, 3.05) is 7.11 Å². The van der Waals surface area contributed by atoms with Crippen LogP contribution in [0.4, 0.5) is 0 Å². The molecule has 1 nitrogen and oxygen atoms in total. The van der Waals surface area contributed by atoms with Gasteiger partial charge in [0.2, 0.25) is 0 Å². The number of aliphatic hydroxyl groups excluding tert-OH is 1. The number of terminal acetylenes is 1. The van der Waals surface area contributed by atoms with Crippen LogP contribution in [0, 0.1) is 26.2 Å². The Hall–Kier alpha value is -1.26. The molecule has 1 rings (SSSR count). The summed E-state index contributed by atoms with van der Waals surface area (Å²) in [6.07, 6.45) is 5.22. The van der Waals surface area contributed by atoms with Gasteiger partial charge in [0, 0.05) is 12.7 Å². The predicted molar refractivity (Wildman–Crippen MR) is 52.0 cm³/mol. The highest BCUT2D eigenvalue weighted by atomic mass is 16.2. The molecule has 0 fully saturated rings. The lowest BCUT2D eigenvalue weighted by atomic mass is 10.1. The largest absolute Gasteiger partial charge is 0.400 e. The molecular weight excluding hydrogens is 148 g/mol. The molecule has 0 spiro atoms. The Kier molecular flexibility index (Phi) is 4.83. The van der Waals surface area contributed by atoms with Crippen molar-refractivity contribution in [2.45, 2.75) is 13.8 Å². The monoisotopic (exact) mass is 162 g/mol. The van der Waals surface area contributed by atoms with E-state index < -0.39 is 0 Å². The third kappa shape index (κ3) is 2.77. The molecule has 0 amide bonds. The van der Waals surface area contributed by atoms with Crippen molar-refractivity contribution in [1.29, 1.82) is 0 Å². The summed E-state index contributed by atoms with van der Waals surface area (Å²) in [7, 11) is 1.00. The Morgan fingerprint density at radius 1 is 1.17 bits per heavy atom. The lowest BCUT2D eigenvalue weighted by Gasteiger charge is -1.97. The van der Waals surface area contributed by atoms with Gasteiger partial charge in [-0.25, -0.2) is 0 Å². The zero-order valence-electron chi connectivity index (χ0n) is 7.76. The van der Waals surface area contributed by atoms with E-state index in [1.807, 2.05) is 18.2 Å². The molecule has 0 aliphatic rings. The van der Waals surface area contributed by atoms with E-state index >= 15 is 0 Å². The van der Waals surface area contributed by atoms with Gasteiger partial charge in [0.1, 0.15) is 0 Å². The van der Waals surface area contributed by atoms with E-state index in [0.29, 0.717) is 0 Å². The molecule has 0 saturated heterocycles. The maximum atomic E-state index is 7.00. The highest BCUT2D eigenvalue weighted by molar-refractivity contribution is 5.38. The fraction of sp³-hybridized carbons (Fsp3) is 0.273. The van der Waals surface area contributed by atoms with E-state index in [0.717, 1.165) is 12.7 Å². The maximum absolute atomic E-state index is 7.00. The highest BCUT2D eigenvalue weighted by Gasteiger charge is 1.91. The van der Waals surface area contributed by atoms with E-state index in [-0.39, 0.29) is 0 Å². The van der Waals surface area contributed by atoms with Crippen molar-refractivity contribution < 1.29 is 5.11 Å². The SMILES string of the molecule is C#Cc1ccc(C)c(C)c1.CO. The maximum Gasteiger partial charge on any atom is 0.0319 e. The second-order valence-corrected chi connectivity index (χ2v) is 2.44. The summed E-state index contributed by atoms with van der Waals surface area (Å²) in [4.78, 5) is 0. The molecule has 1 aromatic rings. The highest BCUT2D eigenvalue weighted by Crippen LogP contribution is 2.07. The summed E-state index contributed by atoms with van der Waals surface area (Å²) in [5.74, 6) is 2.60. The molecule has 0 aliphatic heterocycles. The van der Waals surface area contributed by atoms with Gasteiger partial charge in [-0.1, -0.05) is 12.0 Å². The zero-order chi connectivity index (χ0) is 9.56. The van der Waals surface area contributed by atoms with Crippen molar-refractivity contribution >= 4 is 0 Å². The summed E-state index contributed by atoms with van der Waals surface area (Å²) in [5.41, 5.74) is 3.51. The van der Waals surface area contributed by atoms with Crippen LogP contribution in [0.1, 0.15) is 16.7 Å². The zero-order valence-corrected chi connectivity index (χ0v) is 7.76. The first-order valence-corrected chi connectivity index (χ1v) is 3.72. The normalized spacial score (nSPS) is 7.92. The fourth-order valence-electron chi connectivity index (χ4n) is 0.831. The molecular formula is C11H14O. The van der Waals surface area contributed by atoms with Gasteiger partial charge in [-0.2, -0.15) is 0 Å². The minimum absolute atomic E-state index is 0.961. The molecule has 0 aromatic heterocycles. The quantitative estimate of drug-likeness (QED) is 0.578. The van der Waals surface area contributed by atoms with E-state index in [9.17, 15) is 0 Å². The van der Waals surface area contributed by atoms with Crippen molar-refractivity contribution in [3.63, 3.8) is 0 Å². The molecule has 0 radical (unpaired) electrons. The molecule has 12 heavy (non-hydrogen) atoms. The second kappa shape index (κ2) is 5.40. The van der Waals surface area contributed by atoms with Gasteiger partial charge in [0.15, 0.2) is 0 Å². The van der Waals surface area contributed by atoms with Crippen molar-refractivity contribution in [3.05, 3.63) is 34.9 Å². The van der Waals surface area contributed by atoms with Gasteiger partial charge in [-0.3, -0.25) is 0 Å². The van der Waals surface area contributed by atoms with Gasteiger partial charge in [-0.05, 0) is 37.1 Å². The predicted octanol–water partition coefficient (Wildman–Crippen LogP) is 1.89. The van der Waals surface area contributed by atoms with E-state index in [4.69, 9.17) is 11.5 Å². The van der Waals surface area contributed by atoms with Gasteiger partial charge in [0.05, 0.1) is 0 Å². The van der Waals surface area contributed by atoms with Crippen molar-refractivity contribution in [1.82, 2.24) is 0 Å². The Bertz CT molecular complexity index is 282. The molecule has 64 valence electrons. The molecule has 1 N–H and O–H groups in total. The number of rotatable bonds is 0. The topological polar surface area (TPSA) is 20.2 Å². The average Bonchev–Trinajstić information content (AvgIpc) is 2.13. The molecule has 0 bridgehead atoms. The third-order valence-corrected chi connectivity index (χ3v) is 1.67. The Morgan fingerprint density at radius 3 is 2.17 bits per heavy atom. The van der Waals surface area contributed by atoms with E-state index in [1.54, 1.807) is 0 Å². The minimum Gasteiger partial charge on any atom is -0.400 e. The first kappa shape index (κ1) is 10.7. The average molecular weight is 162 g/mol. The summed E-state index contributed by atoms with van der Waals surface area (Å²) in [6.45, 7) is 4.14. The van der Waals surface area contributed by atoms with Crippen LogP contribution in [0.15, 0.2) is 18.2 Å². The number of aliphatic hydroxyl groups is 1. The number of benzene rings is 1.